The van der Waals surface area contributed by atoms with E-state index in [0.717, 1.165) is 12.0 Å². The molecule has 0 aliphatic carbocycles. The molecular formula is C19H27N3NaO4. The fourth-order valence-electron chi connectivity index (χ4n) is 2.90. The van der Waals surface area contributed by atoms with Crippen LogP contribution in [0.3, 0.4) is 0 Å². The minimum absolute atomic E-state index is 0. The van der Waals surface area contributed by atoms with E-state index in [1.165, 1.54) is 4.90 Å². The molecule has 0 spiro atoms. The van der Waals surface area contributed by atoms with E-state index < -0.39 is 30.0 Å². The molecule has 1 radical (unpaired) electrons. The molecule has 1 heterocycles. The minimum Gasteiger partial charge on any atom is -0.480 e. The normalized spacial score (nSPS) is 21.7. The molecule has 1 aliphatic heterocycles. The molecule has 1 aliphatic rings. The smallest absolute Gasteiger partial charge is 0.323 e. The molecule has 0 bridgehead atoms. The Morgan fingerprint density at radius 1 is 1.15 bits per heavy atom. The number of aliphatic carboxylic acids is 1. The predicted molar refractivity (Wildman–Crippen MR) is 103 cm³/mol. The maximum atomic E-state index is 12.5. The Morgan fingerprint density at radius 2 is 1.78 bits per heavy atom. The van der Waals surface area contributed by atoms with Crippen LogP contribution in [-0.2, 0) is 20.8 Å². The molecule has 0 aromatic heterocycles. The molecule has 1 fully saturated rings. The topological polar surface area (TPSA) is 98.5 Å². The van der Waals surface area contributed by atoms with Crippen molar-refractivity contribution < 1.29 is 19.5 Å². The molecule has 8 heteroatoms. The second-order valence-corrected chi connectivity index (χ2v) is 7.12. The first kappa shape index (κ1) is 23.6. The Bertz CT molecular complexity index is 654. The quantitative estimate of drug-likeness (QED) is 0.419. The molecule has 3 N–H and O–H groups in total. The number of hydrogen-bond donors (Lipinski definition) is 3. The first-order chi connectivity index (χ1) is 12.3. The summed E-state index contributed by atoms with van der Waals surface area (Å²) in [5.74, 6) is -1.25. The minimum atomic E-state index is -1.03. The van der Waals surface area contributed by atoms with Gasteiger partial charge >= 0.3 is 5.97 Å². The van der Waals surface area contributed by atoms with E-state index in [9.17, 15) is 14.4 Å². The van der Waals surface area contributed by atoms with E-state index in [4.69, 9.17) is 5.11 Å². The third kappa shape index (κ3) is 6.92. The molecule has 4 atom stereocenters. The van der Waals surface area contributed by atoms with Crippen molar-refractivity contribution >= 4 is 47.3 Å². The SMILES string of the molecule is CC(C)CCNC(=O)[C@H](Cc1ccccc1)NC(=O)[C@@H]1[C@@H](C(=O)O)N1C.[Na]. The van der Waals surface area contributed by atoms with Crippen molar-refractivity contribution in [3.05, 3.63) is 35.9 Å². The third-order valence-corrected chi connectivity index (χ3v) is 4.55. The van der Waals surface area contributed by atoms with Gasteiger partial charge in [-0.2, -0.15) is 0 Å². The average Bonchev–Trinajstić information content (AvgIpc) is 3.26. The molecule has 1 unspecified atom stereocenters. The molecule has 27 heavy (non-hydrogen) atoms. The third-order valence-electron chi connectivity index (χ3n) is 4.55. The van der Waals surface area contributed by atoms with Gasteiger partial charge in [-0.15, -0.1) is 0 Å². The molecule has 2 amide bonds. The number of carbonyl (C=O) groups excluding carboxylic acids is 2. The van der Waals surface area contributed by atoms with Crippen LogP contribution in [-0.4, -0.2) is 89.1 Å². The summed E-state index contributed by atoms with van der Waals surface area (Å²) in [7, 11) is 1.58. The first-order valence-corrected chi connectivity index (χ1v) is 8.88. The van der Waals surface area contributed by atoms with Crippen LogP contribution in [0.25, 0.3) is 0 Å². The van der Waals surface area contributed by atoms with Gasteiger partial charge in [0.15, 0.2) is 0 Å². The summed E-state index contributed by atoms with van der Waals surface area (Å²) in [5, 5.41) is 14.7. The number of rotatable bonds is 9. The molecule has 7 nitrogen and oxygen atoms in total. The van der Waals surface area contributed by atoms with Crippen LogP contribution >= 0.6 is 0 Å². The van der Waals surface area contributed by atoms with Crippen molar-refractivity contribution in [3.8, 4) is 0 Å². The Balaban J connectivity index is 0.00000364. The molecule has 1 aromatic rings. The number of likely N-dealkylation sites (N-methyl/N-ethyl adjacent to an activating group) is 1. The number of nitrogens with one attached hydrogen (secondary N) is 2. The maximum Gasteiger partial charge on any atom is 0.323 e. The summed E-state index contributed by atoms with van der Waals surface area (Å²) in [6.45, 7) is 4.69. The van der Waals surface area contributed by atoms with Gasteiger partial charge in [0.25, 0.3) is 0 Å². The van der Waals surface area contributed by atoms with E-state index in [1.807, 2.05) is 30.3 Å². The van der Waals surface area contributed by atoms with E-state index >= 15 is 0 Å². The first-order valence-electron chi connectivity index (χ1n) is 8.88. The van der Waals surface area contributed by atoms with Gasteiger partial charge in [0.05, 0.1) is 0 Å². The van der Waals surface area contributed by atoms with Crippen molar-refractivity contribution in [2.24, 2.45) is 5.92 Å². The van der Waals surface area contributed by atoms with Crippen molar-refractivity contribution in [1.29, 1.82) is 0 Å². The molecular weight excluding hydrogens is 357 g/mol. The Labute approximate surface area is 182 Å². The van der Waals surface area contributed by atoms with Crippen LogP contribution in [0.5, 0.6) is 0 Å². The van der Waals surface area contributed by atoms with Crippen molar-refractivity contribution in [2.75, 3.05) is 13.6 Å². The van der Waals surface area contributed by atoms with Gasteiger partial charge in [-0.05, 0) is 24.9 Å². The van der Waals surface area contributed by atoms with Gasteiger partial charge in [0.2, 0.25) is 11.8 Å². The summed E-state index contributed by atoms with van der Waals surface area (Å²) in [4.78, 5) is 37.5. The second kappa shape index (κ2) is 10.8. The number of hydrogen-bond acceptors (Lipinski definition) is 4. The van der Waals surface area contributed by atoms with Gasteiger partial charge in [-0.25, -0.2) is 0 Å². The van der Waals surface area contributed by atoms with Gasteiger partial charge < -0.3 is 15.7 Å². The van der Waals surface area contributed by atoms with Crippen LogP contribution in [0.2, 0.25) is 0 Å². The number of amides is 2. The fourth-order valence-corrected chi connectivity index (χ4v) is 2.90. The second-order valence-electron chi connectivity index (χ2n) is 7.12. The summed E-state index contributed by atoms with van der Waals surface area (Å²) >= 11 is 0. The standard InChI is InChI=1S/C19H27N3O4.Na/c1-12(2)9-10-20-17(23)14(11-13-7-5-4-6-8-13)21-18(24)15-16(19(25)26)22(15)3;/h4-8,12,14-16H,9-11H2,1-3H3,(H,20,23)(H,21,24)(H,25,26);/t14-,15-,16-,22?;/m0./s1. The average molecular weight is 384 g/mol. The largest absolute Gasteiger partial charge is 0.480 e. The van der Waals surface area contributed by atoms with Crippen LogP contribution < -0.4 is 10.6 Å². The summed E-state index contributed by atoms with van der Waals surface area (Å²) in [6.07, 6.45) is 1.21. The van der Waals surface area contributed by atoms with E-state index in [1.54, 1.807) is 7.05 Å². The zero-order valence-electron chi connectivity index (χ0n) is 16.4. The van der Waals surface area contributed by atoms with Crippen LogP contribution in [0.15, 0.2) is 30.3 Å². The number of nitrogens with zero attached hydrogens (tertiary/aromatic N) is 1. The summed E-state index contributed by atoms with van der Waals surface area (Å²) in [5.41, 5.74) is 0.927. The van der Waals surface area contributed by atoms with E-state index in [-0.39, 0.29) is 35.5 Å². The van der Waals surface area contributed by atoms with Crippen molar-refractivity contribution in [3.63, 3.8) is 0 Å². The van der Waals surface area contributed by atoms with Crippen molar-refractivity contribution in [2.45, 2.75) is 44.8 Å². The van der Waals surface area contributed by atoms with E-state index in [2.05, 4.69) is 24.5 Å². The predicted octanol–water partition coefficient (Wildman–Crippen LogP) is 0.263. The molecule has 2 rings (SSSR count). The Kier molecular flexibility index (Phi) is 9.45. The number of carbonyl (C=O) groups is 3. The van der Waals surface area contributed by atoms with Crippen LogP contribution in [0.1, 0.15) is 25.8 Å². The van der Waals surface area contributed by atoms with Crippen molar-refractivity contribution in [1.82, 2.24) is 15.5 Å². The maximum absolute atomic E-state index is 12.5. The van der Waals surface area contributed by atoms with Crippen LogP contribution in [0, 0.1) is 5.92 Å². The Hall–Kier alpha value is -1.41. The molecule has 0 saturated carbocycles. The van der Waals surface area contributed by atoms with E-state index in [0.29, 0.717) is 18.9 Å². The molecule has 1 aromatic carbocycles. The molecule has 1 saturated heterocycles. The zero-order valence-corrected chi connectivity index (χ0v) is 18.4. The monoisotopic (exact) mass is 384 g/mol. The van der Waals surface area contributed by atoms with Crippen LogP contribution in [0.4, 0.5) is 0 Å². The molecule has 143 valence electrons. The number of benzene rings is 1. The van der Waals surface area contributed by atoms with Gasteiger partial charge in [0, 0.05) is 42.5 Å². The Morgan fingerprint density at radius 3 is 2.30 bits per heavy atom. The zero-order chi connectivity index (χ0) is 19.3. The number of carboxylic acids is 1. The summed E-state index contributed by atoms with van der Waals surface area (Å²) < 4.78 is 0. The summed E-state index contributed by atoms with van der Waals surface area (Å²) in [6, 6.07) is 7.13. The number of carboxylic acid groups (broad SMARTS) is 1. The van der Waals surface area contributed by atoms with Gasteiger partial charge in [-0.3, -0.25) is 19.3 Å². The van der Waals surface area contributed by atoms with Gasteiger partial charge in [-0.1, -0.05) is 44.2 Å². The van der Waals surface area contributed by atoms with Gasteiger partial charge in [0.1, 0.15) is 18.1 Å². The fraction of sp³-hybridized carbons (Fsp3) is 0.526.